The SMILES string of the molecule is CCN(Cc1ccncc1)C(CNC(C)(C)C)C(C)C. The van der Waals surface area contributed by atoms with Crippen molar-refractivity contribution in [2.45, 2.75) is 59.7 Å². The molecule has 1 aromatic rings. The summed E-state index contributed by atoms with van der Waals surface area (Å²) in [5.41, 5.74) is 1.51. The molecule has 0 bridgehead atoms. The van der Waals surface area contributed by atoms with Crippen LogP contribution in [0.5, 0.6) is 0 Å². The highest BCUT2D eigenvalue weighted by molar-refractivity contribution is 5.09. The summed E-state index contributed by atoms with van der Waals surface area (Å²) >= 11 is 0. The zero-order valence-corrected chi connectivity index (χ0v) is 14.0. The van der Waals surface area contributed by atoms with Gasteiger partial charge in [0.2, 0.25) is 0 Å². The van der Waals surface area contributed by atoms with Gasteiger partial charge in [0.25, 0.3) is 0 Å². The topological polar surface area (TPSA) is 28.2 Å². The molecule has 3 nitrogen and oxygen atoms in total. The monoisotopic (exact) mass is 277 g/mol. The van der Waals surface area contributed by atoms with Crippen LogP contribution in [0.1, 0.15) is 47.1 Å². The van der Waals surface area contributed by atoms with E-state index in [9.17, 15) is 0 Å². The van der Waals surface area contributed by atoms with E-state index in [0.29, 0.717) is 12.0 Å². The van der Waals surface area contributed by atoms with Gasteiger partial charge < -0.3 is 5.32 Å². The molecule has 0 aromatic carbocycles. The van der Waals surface area contributed by atoms with Crippen molar-refractivity contribution in [3.63, 3.8) is 0 Å². The first-order chi connectivity index (χ1) is 9.33. The zero-order valence-electron chi connectivity index (χ0n) is 14.0. The van der Waals surface area contributed by atoms with Gasteiger partial charge in [-0.25, -0.2) is 0 Å². The summed E-state index contributed by atoms with van der Waals surface area (Å²) < 4.78 is 0. The second kappa shape index (κ2) is 7.75. The Morgan fingerprint density at radius 2 is 1.80 bits per heavy atom. The molecule has 114 valence electrons. The minimum atomic E-state index is 0.170. The maximum absolute atomic E-state index is 4.10. The normalized spacial score (nSPS) is 14.0. The number of hydrogen-bond donors (Lipinski definition) is 1. The molecule has 0 aliphatic heterocycles. The van der Waals surface area contributed by atoms with Crippen LogP contribution >= 0.6 is 0 Å². The van der Waals surface area contributed by atoms with Gasteiger partial charge in [0.15, 0.2) is 0 Å². The van der Waals surface area contributed by atoms with E-state index in [-0.39, 0.29) is 5.54 Å². The molecule has 0 aliphatic rings. The molecule has 1 rings (SSSR count). The second-order valence-electron chi connectivity index (χ2n) is 6.86. The van der Waals surface area contributed by atoms with E-state index in [1.807, 2.05) is 12.4 Å². The fourth-order valence-corrected chi connectivity index (χ4v) is 2.38. The standard InChI is InChI=1S/C17H31N3/c1-7-20(13-15-8-10-18-11-9-15)16(14(2)3)12-19-17(4,5)6/h8-11,14,16,19H,7,12-13H2,1-6H3. The zero-order chi connectivity index (χ0) is 15.2. The molecule has 1 heterocycles. The summed E-state index contributed by atoms with van der Waals surface area (Å²) in [6, 6.07) is 4.77. The van der Waals surface area contributed by atoms with E-state index in [2.05, 4.69) is 68.9 Å². The highest BCUT2D eigenvalue weighted by Crippen LogP contribution is 2.15. The summed E-state index contributed by atoms with van der Waals surface area (Å²) in [4.78, 5) is 6.65. The molecule has 0 saturated heterocycles. The Kier molecular flexibility index (Phi) is 6.63. The first-order valence-electron chi connectivity index (χ1n) is 7.71. The molecule has 3 heteroatoms. The van der Waals surface area contributed by atoms with Crippen molar-refractivity contribution in [1.82, 2.24) is 15.2 Å². The highest BCUT2D eigenvalue weighted by atomic mass is 15.2. The van der Waals surface area contributed by atoms with E-state index in [1.54, 1.807) is 0 Å². The molecule has 20 heavy (non-hydrogen) atoms. The average molecular weight is 277 g/mol. The number of rotatable bonds is 7. The second-order valence-corrected chi connectivity index (χ2v) is 6.86. The van der Waals surface area contributed by atoms with Crippen LogP contribution in [0.4, 0.5) is 0 Å². The molecule has 1 aromatic heterocycles. The van der Waals surface area contributed by atoms with Crippen molar-refractivity contribution >= 4 is 0 Å². The first-order valence-corrected chi connectivity index (χ1v) is 7.71. The lowest BCUT2D eigenvalue weighted by molar-refractivity contribution is 0.143. The van der Waals surface area contributed by atoms with Crippen LogP contribution in [0, 0.1) is 5.92 Å². The Hall–Kier alpha value is -0.930. The number of nitrogens with one attached hydrogen (secondary N) is 1. The minimum absolute atomic E-state index is 0.170. The van der Waals surface area contributed by atoms with Crippen molar-refractivity contribution in [2.75, 3.05) is 13.1 Å². The predicted molar refractivity (Wildman–Crippen MR) is 86.7 cm³/mol. The van der Waals surface area contributed by atoms with Crippen molar-refractivity contribution in [1.29, 1.82) is 0 Å². The summed E-state index contributed by atoms with van der Waals surface area (Å²) in [7, 11) is 0. The maximum atomic E-state index is 4.10. The van der Waals surface area contributed by atoms with Crippen LogP contribution in [0.3, 0.4) is 0 Å². The van der Waals surface area contributed by atoms with Crippen molar-refractivity contribution in [3.8, 4) is 0 Å². The van der Waals surface area contributed by atoms with E-state index >= 15 is 0 Å². The molecule has 0 fully saturated rings. The van der Waals surface area contributed by atoms with E-state index in [0.717, 1.165) is 19.6 Å². The molecule has 0 saturated carbocycles. The maximum Gasteiger partial charge on any atom is 0.0271 e. The molecule has 0 spiro atoms. The first kappa shape index (κ1) is 17.1. The summed E-state index contributed by atoms with van der Waals surface area (Å²) in [5, 5.41) is 3.65. The molecule has 1 atom stereocenters. The molecule has 0 aliphatic carbocycles. The van der Waals surface area contributed by atoms with Gasteiger partial charge in [0.05, 0.1) is 0 Å². The minimum Gasteiger partial charge on any atom is -0.311 e. The number of aromatic nitrogens is 1. The molecule has 0 radical (unpaired) electrons. The van der Waals surface area contributed by atoms with Gasteiger partial charge in [-0.15, -0.1) is 0 Å². The van der Waals surface area contributed by atoms with Crippen LogP contribution in [-0.4, -0.2) is 34.6 Å². The van der Waals surface area contributed by atoms with Crippen LogP contribution in [-0.2, 0) is 6.54 Å². The van der Waals surface area contributed by atoms with Crippen LogP contribution in [0.2, 0.25) is 0 Å². The van der Waals surface area contributed by atoms with Gasteiger partial charge >= 0.3 is 0 Å². The Morgan fingerprint density at radius 1 is 1.20 bits per heavy atom. The van der Waals surface area contributed by atoms with Gasteiger partial charge in [0.1, 0.15) is 0 Å². The van der Waals surface area contributed by atoms with Gasteiger partial charge in [0, 0.05) is 37.1 Å². The molecule has 1 unspecified atom stereocenters. The van der Waals surface area contributed by atoms with Gasteiger partial charge in [-0.3, -0.25) is 9.88 Å². The number of hydrogen-bond acceptors (Lipinski definition) is 3. The average Bonchev–Trinajstić information content (AvgIpc) is 2.37. The van der Waals surface area contributed by atoms with E-state index in [1.165, 1.54) is 5.56 Å². The Balaban J connectivity index is 2.71. The smallest absolute Gasteiger partial charge is 0.0271 e. The number of likely N-dealkylation sites (N-methyl/N-ethyl adjacent to an activating group) is 1. The lowest BCUT2D eigenvalue weighted by Gasteiger charge is -2.36. The van der Waals surface area contributed by atoms with Crippen molar-refractivity contribution < 1.29 is 0 Å². The fraction of sp³-hybridized carbons (Fsp3) is 0.706. The molecule has 1 N–H and O–H groups in total. The summed E-state index contributed by atoms with van der Waals surface area (Å²) in [6.45, 7) is 16.6. The molecule has 0 amide bonds. The van der Waals surface area contributed by atoms with Gasteiger partial charge in [-0.05, 0) is 50.9 Å². The van der Waals surface area contributed by atoms with Crippen LogP contribution in [0.25, 0.3) is 0 Å². The highest BCUT2D eigenvalue weighted by Gasteiger charge is 2.22. The molecular formula is C17H31N3. The van der Waals surface area contributed by atoms with Crippen LogP contribution < -0.4 is 5.32 Å². The van der Waals surface area contributed by atoms with Crippen LogP contribution in [0.15, 0.2) is 24.5 Å². The quantitative estimate of drug-likeness (QED) is 0.828. The number of nitrogens with zero attached hydrogens (tertiary/aromatic N) is 2. The third kappa shape index (κ3) is 6.02. The number of pyridine rings is 1. The van der Waals surface area contributed by atoms with E-state index < -0.39 is 0 Å². The van der Waals surface area contributed by atoms with E-state index in [4.69, 9.17) is 0 Å². The Labute approximate surface area is 124 Å². The summed E-state index contributed by atoms with van der Waals surface area (Å²) in [5.74, 6) is 0.631. The fourth-order valence-electron chi connectivity index (χ4n) is 2.38. The Morgan fingerprint density at radius 3 is 2.25 bits per heavy atom. The lowest BCUT2D eigenvalue weighted by Crippen LogP contribution is -2.49. The molecular weight excluding hydrogens is 246 g/mol. The predicted octanol–water partition coefficient (Wildman–Crippen LogP) is 3.32. The third-order valence-corrected chi connectivity index (χ3v) is 3.62. The van der Waals surface area contributed by atoms with Gasteiger partial charge in [-0.1, -0.05) is 20.8 Å². The van der Waals surface area contributed by atoms with Crippen molar-refractivity contribution in [3.05, 3.63) is 30.1 Å². The summed E-state index contributed by atoms with van der Waals surface area (Å²) in [6.07, 6.45) is 3.75. The third-order valence-electron chi connectivity index (χ3n) is 3.62. The van der Waals surface area contributed by atoms with Gasteiger partial charge in [-0.2, -0.15) is 0 Å². The van der Waals surface area contributed by atoms with Crippen molar-refractivity contribution in [2.24, 2.45) is 5.92 Å². The largest absolute Gasteiger partial charge is 0.311 e. The lowest BCUT2D eigenvalue weighted by atomic mass is 9.99. The Bertz CT molecular complexity index is 368.